The number of benzene rings is 1. The summed E-state index contributed by atoms with van der Waals surface area (Å²) in [5.74, 6) is -2.93. The van der Waals surface area contributed by atoms with E-state index in [9.17, 15) is 34.4 Å². The fourth-order valence-electron chi connectivity index (χ4n) is 4.61. The van der Waals surface area contributed by atoms with E-state index in [0.717, 1.165) is 16.2 Å². The number of nitrogens with zero attached hydrogens (tertiary/aromatic N) is 5. The number of aliphatic carboxylic acids is 1. The molecule has 1 aromatic carbocycles. The molecule has 41 heavy (non-hydrogen) atoms. The Morgan fingerprint density at radius 2 is 2.05 bits per heavy atom. The molecular formula is C24H21N7O8S2. The second-order valence-corrected chi connectivity index (χ2v) is 10.9. The lowest BCUT2D eigenvalue weighted by molar-refractivity contribution is -0.384. The minimum Gasteiger partial charge on any atom is -0.477 e. The number of thioether (sulfide) groups is 1. The number of oxime groups is 1. The van der Waals surface area contributed by atoms with Crippen LogP contribution in [0.4, 0.5) is 16.5 Å². The van der Waals surface area contributed by atoms with Crippen molar-refractivity contribution in [1.82, 2.24) is 15.2 Å². The molecule has 4 N–H and O–H groups in total. The maximum atomic E-state index is 13.1. The number of nitrogen functional groups attached to an aromatic ring is 1. The fourth-order valence-corrected chi connectivity index (χ4v) is 6.47. The standard InChI is InChI=1S/C24H21N7O8S2/c1-39-28-16(15-10-41-24(25)26-15)19(32)27-17-21(34)30-18(23(35)36)12(9-40-22(17)30)8-11-6-7-29(20(11)33)13-2-4-14(5-3-13)31(37)38/h2-5,8,10,17,22H,6-7,9H2,1H3,(H2,25,26)(H,27,32)(H,35,36). The predicted molar refractivity (Wildman–Crippen MR) is 148 cm³/mol. The molecule has 0 bridgehead atoms. The molecule has 15 nitrogen and oxygen atoms in total. The first-order valence-corrected chi connectivity index (χ1v) is 13.8. The topological polar surface area (TPSA) is 211 Å². The number of nitro groups is 1. The van der Waals surface area contributed by atoms with Gasteiger partial charge in [0.15, 0.2) is 10.8 Å². The number of hydrogen-bond acceptors (Lipinski definition) is 12. The van der Waals surface area contributed by atoms with Crippen LogP contribution in [0.1, 0.15) is 12.1 Å². The number of thiazole rings is 1. The zero-order valence-electron chi connectivity index (χ0n) is 21.2. The number of non-ortho nitro benzene ring substituents is 1. The van der Waals surface area contributed by atoms with Gasteiger partial charge < -0.3 is 25.9 Å². The number of rotatable bonds is 8. The molecule has 0 spiro atoms. The molecule has 2 atom stereocenters. The maximum Gasteiger partial charge on any atom is 0.352 e. The lowest BCUT2D eigenvalue weighted by Crippen LogP contribution is -2.71. The summed E-state index contributed by atoms with van der Waals surface area (Å²) in [5.41, 5.74) is 6.34. The van der Waals surface area contributed by atoms with Gasteiger partial charge in [-0.15, -0.1) is 23.1 Å². The summed E-state index contributed by atoms with van der Waals surface area (Å²) >= 11 is 2.33. The van der Waals surface area contributed by atoms with Crippen LogP contribution in [0.15, 0.2) is 57.7 Å². The highest BCUT2D eigenvalue weighted by molar-refractivity contribution is 8.00. The number of nitrogens with one attached hydrogen (secondary N) is 1. The van der Waals surface area contributed by atoms with Crippen LogP contribution in [0, 0.1) is 10.1 Å². The summed E-state index contributed by atoms with van der Waals surface area (Å²) < 4.78 is 0. The van der Waals surface area contributed by atoms with Crippen LogP contribution in [-0.2, 0) is 24.0 Å². The van der Waals surface area contributed by atoms with Crippen LogP contribution in [0.2, 0.25) is 0 Å². The van der Waals surface area contributed by atoms with Gasteiger partial charge in [-0.2, -0.15) is 0 Å². The average molecular weight is 600 g/mol. The van der Waals surface area contributed by atoms with E-state index in [1.54, 1.807) is 0 Å². The minimum absolute atomic E-state index is 0.107. The van der Waals surface area contributed by atoms with Gasteiger partial charge in [0.2, 0.25) is 0 Å². The highest BCUT2D eigenvalue weighted by Crippen LogP contribution is 2.41. The smallest absolute Gasteiger partial charge is 0.352 e. The largest absolute Gasteiger partial charge is 0.477 e. The Morgan fingerprint density at radius 3 is 2.66 bits per heavy atom. The van der Waals surface area contributed by atoms with Gasteiger partial charge in [-0.3, -0.25) is 29.4 Å². The second-order valence-electron chi connectivity index (χ2n) is 8.88. The van der Waals surface area contributed by atoms with Crippen molar-refractivity contribution in [2.75, 3.05) is 30.0 Å². The Balaban J connectivity index is 1.34. The molecule has 2 unspecified atom stereocenters. The molecule has 1 aromatic heterocycles. The molecule has 5 rings (SSSR count). The van der Waals surface area contributed by atoms with E-state index < -0.39 is 34.1 Å². The zero-order valence-corrected chi connectivity index (χ0v) is 22.8. The molecule has 4 heterocycles. The Bertz CT molecular complexity index is 1570. The van der Waals surface area contributed by atoms with E-state index in [4.69, 9.17) is 10.6 Å². The fraction of sp³-hybridized carbons (Fsp3) is 0.250. The summed E-state index contributed by atoms with van der Waals surface area (Å²) in [6, 6.07) is 4.52. The van der Waals surface area contributed by atoms with Crippen LogP contribution in [0.3, 0.4) is 0 Å². The Kier molecular flexibility index (Phi) is 7.46. The zero-order chi connectivity index (χ0) is 29.4. The number of carbonyl (C=O) groups is 4. The van der Waals surface area contributed by atoms with E-state index in [-0.39, 0.29) is 45.2 Å². The first kappa shape index (κ1) is 27.8. The van der Waals surface area contributed by atoms with Gasteiger partial charge in [0.05, 0.1) is 4.92 Å². The van der Waals surface area contributed by atoms with Gasteiger partial charge >= 0.3 is 5.97 Å². The molecule has 2 saturated heterocycles. The number of aromatic nitrogens is 1. The Morgan fingerprint density at radius 1 is 1.32 bits per heavy atom. The van der Waals surface area contributed by atoms with Crippen LogP contribution in [0.5, 0.6) is 0 Å². The third-order valence-electron chi connectivity index (χ3n) is 6.49. The van der Waals surface area contributed by atoms with E-state index in [1.807, 2.05) is 0 Å². The molecule has 0 radical (unpaired) electrons. The van der Waals surface area contributed by atoms with Gasteiger partial charge in [-0.1, -0.05) is 5.16 Å². The number of hydrogen-bond donors (Lipinski definition) is 3. The number of carboxylic acid groups (broad SMARTS) is 1. The molecule has 2 aromatic rings. The summed E-state index contributed by atoms with van der Waals surface area (Å²) in [6.07, 6.45) is 1.80. The Labute approximate surface area is 239 Å². The van der Waals surface area contributed by atoms with Crippen molar-refractivity contribution in [1.29, 1.82) is 0 Å². The number of nitro benzene ring substituents is 1. The number of carbonyl (C=O) groups excluding carboxylic acids is 3. The van der Waals surface area contributed by atoms with Crippen molar-refractivity contribution in [2.24, 2.45) is 5.16 Å². The van der Waals surface area contributed by atoms with Crippen molar-refractivity contribution in [2.45, 2.75) is 17.8 Å². The third-order valence-corrected chi connectivity index (χ3v) is 8.47. The number of nitrogens with two attached hydrogens (primary N) is 1. The number of allylic oxidation sites excluding steroid dienone is 1. The van der Waals surface area contributed by atoms with Gasteiger partial charge in [0.25, 0.3) is 23.4 Å². The first-order chi connectivity index (χ1) is 19.6. The lowest BCUT2D eigenvalue weighted by atomic mass is 10.0. The maximum absolute atomic E-state index is 13.1. The van der Waals surface area contributed by atoms with Crippen molar-refractivity contribution in [3.05, 3.63) is 68.4 Å². The van der Waals surface area contributed by atoms with E-state index >= 15 is 0 Å². The molecule has 3 aliphatic heterocycles. The number of fused-ring (bicyclic) bond motifs is 1. The molecule has 0 saturated carbocycles. The predicted octanol–water partition coefficient (Wildman–Crippen LogP) is 1.09. The molecule has 2 fully saturated rings. The number of amides is 3. The SMILES string of the molecule is CON=C(C(=O)NC1C(=O)N2C(C(=O)O)=C(C=C3CCN(c4ccc([N+](=O)[O-])cc4)C3=O)CSC12)c1csc(N)n1. The van der Waals surface area contributed by atoms with Gasteiger partial charge in [0, 0.05) is 41.1 Å². The van der Waals surface area contributed by atoms with Gasteiger partial charge in [-0.25, -0.2) is 9.78 Å². The average Bonchev–Trinajstić information content (AvgIpc) is 3.54. The summed E-state index contributed by atoms with van der Waals surface area (Å²) in [5, 5.41) is 28.2. The van der Waals surface area contributed by atoms with Crippen molar-refractivity contribution < 1.29 is 34.0 Å². The van der Waals surface area contributed by atoms with Crippen LogP contribution in [-0.4, -0.2) is 80.1 Å². The second kappa shape index (κ2) is 11.0. The molecule has 3 amide bonds. The molecule has 17 heteroatoms. The van der Waals surface area contributed by atoms with Crippen LogP contribution < -0.4 is 16.0 Å². The number of β-lactam (4-membered cyclic amide) rings is 1. The quantitative estimate of drug-likeness (QED) is 0.128. The van der Waals surface area contributed by atoms with Crippen molar-refractivity contribution in [3.8, 4) is 0 Å². The summed E-state index contributed by atoms with van der Waals surface area (Å²) in [4.78, 5) is 73.0. The van der Waals surface area contributed by atoms with Crippen LogP contribution in [0.25, 0.3) is 0 Å². The lowest BCUT2D eigenvalue weighted by Gasteiger charge is -2.49. The summed E-state index contributed by atoms with van der Waals surface area (Å²) in [7, 11) is 1.25. The van der Waals surface area contributed by atoms with Crippen LogP contribution >= 0.6 is 23.1 Å². The molecule has 212 valence electrons. The van der Waals surface area contributed by atoms with Gasteiger partial charge in [0.1, 0.15) is 29.9 Å². The molecule has 3 aliphatic rings. The number of carboxylic acids is 1. The number of anilines is 2. The molecular weight excluding hydrogens is 578 g/mol. The normalized spacial score (nSPS) is 21.6. The van der Waals surface area contributed by atoms with Gasteiger partial charge in [-0.05, 0) is 30.2 Å². The highest BCUT2D eigenvalue weighted by atomic mass is 32.2. The third kappa shape index (κ3) is 5.11. The molecule has 0 aliphatic carbocycles. The van der Waals surface area contributed by atoms with E-state index in [2.05, 4.69) is 15.5 Å². The monoisotopic (exact) mass is 599 g/mol. The van der Waals surface area contributed by atoms with E-state index in [0.29, 0.717) is 24.2 Å². The van der Waals surface area contributed by atoms with E-state index in [1.165, 1.54) is 59.5 Å². The van der Waals surface area contributed by atoms with Crippen molar-refractivity contribution >= 4 is 69.0 Å². The summed E-state index contributed by atoms with van der Waals surface area (Å²) in [6.45, 7) is 0.306. The minimum atomic E-state index is -1.35. The van der Waals surface area contributed by atoms with Crippen molar-refractivity contribution in [3.63, 3.8) is 0 Å². The Hall–Kier alpha value is -4.77. The highest BCUT2D eigenvalue weighted by Gasteiger charge is 2.54. The first-order valence-electron chi connectivity index (χ1n) is 11.9.